The van der Waals surface area contributed by atoms with Gasteiger partial charge < -0.3 is 0 Å². The molecule has 0 saturated heterocycles. The zero-order valence-corrected chi connectivity index (χ0v) is 7.57. The monoisotopic (exact) mass is 208 g/mol. The summed E-state index contributed by atoms with van der Waals surface area (Å²) < 4.78 is 11.2. The molecular formula is C5H7FO2Zr. The van der Waals surface area contributed by atoms with Crippen LogP contribution in [-0.4, -0.2) is 18.2 Å². The van der Waals surface area contributed by atoms with Gasteiger partial charge in [-0.2, -0.15) is 0 Å². The van der Waals surface area contributed by atoms with Gasteiger partial charge in [0.1, 0.15) is 12.5 Å². The van der Waals surface area contributed by atoms with Gasteiger partial charge in [-0.25, -0.2) is 4.39 Å². The third-order valence-corrected chi connectivity index (χ3v) is 0.595. The Hall–Kier alpha value is 0.153. The van der Waals surface area contributed by atoms with Crippen LogP contribution in [0.15, 0.2) is 0 Å². The van der Waals surface area contributed by atoms with Gasteiger partial charge in [0.15, 0.2) is 5.78 Å². The fraction of sp³-hybridized carbons (Fsp3) is 0.600. The molecule has 9 heavy (non-hydrogen) atoms. The number of carbonyl (C=O) groups is 2. The van der Waals surface area contributed by atoms with Gasteiger partial charge in [-0.1, -0.05) is 0 Å². The first kappa shape index (κ1) is 11.9. The molecule has 0 saturated carbocycles. The second-order valence-electron chi connectivity index (χ2n) is 1.55. The Kier molecular flexibility index (Phi) is 8.29. The van der Waals surface area contributed by atoms with E-state index in [4.69, 9.17) is 0 Å². The molecule has 0 atom stereocenters. The molecule has 50 valence electrons. The molecule has 0 aliphatic heterocycles. The van der Waals surface area contributed by atoms with E-state index in [1.165, 1.54) is 6.92 Å². The summed E-state index contributed by atoms with van der Waals surface area (Å²) >= 11 is 0. The third-order valence-electron chi connectivity index (χ3n) is 0.595. The van der Waals surface area contributed by atoms with Crippen molar-refractivity contribution in [2.75, 3.05) is 6.67 Å². The molecule has 2 nitrogen and oxygen atoms in total. The molecule has 0 spiro atoms. The number of hydrogen-bond donors (Lipinski definition) is 0. The smallest absolute Gasteiger partial charge is 0.171 e. The topological polar surface area (TPSA) is 34.1 Å². The average molecular weight is 209 g/mol. The first-order valence-electron chi connectivity index (χ1n) is 2.24. The number of hydrogen-bond acceptors (Lipinski definition) is 2. The molecule has 0 aromatic heterocycles. The largest absolute Gasteiger partial charge is 0.300 e. The van der Waals surface area contributed by atoms with Crippen LogP contribution in [-0.2, 0) is 35.8 Å². The molecule has 0 unspecified atom stereocenters. The summed E-state index contributed by atoms with van der Waals surface area (Å²) in [5.41, 5.74) is 0. The van der Waals surface area contributed by atoms with Crippen LogP contribution in [0.4, 0.5) is 4.39 Å². The van der Waals surface area contributed by atoms with Crippen LogP contribution in [0.3, 0.4) is 0 Å². The van der Waals surface area contributed by atoms with Gasteiger partial charge in [0, 0.05) is 26.2 Å². The predicted octanol–water partition coefficient (Wildman–Crippen LogP) is 0.502. The second kappa shape index (κ2) is 6.28. The van der Waals surface area contributed by atoms with Crippen molar-refractivity contribution in [1.29, 1.82) is 0 Å². The first-order valence-corrected chi connectivity index (χ1v) is 2.24. The molecule has 0 fully saturated rings. The van der Waals surface area contributed by atoms with Crippen molar-refractivity contribution < 1.29 is 40.2 Å². The van der Waals surface area contributed by atoms with Crippen LogP contribution in [0, 0.1) is 0 Å². The Morgan fingerprint density at radius 3 is 2.00 bits per heavy atom. The van der Waals surface area contributed by atoms with E-state index in [1.807, 2.05) is 0 Å². The summed E-state index contributed by atoms with van der Waals surface area (Å²) in [6, 6.07) is 0. The molecule has 0 N–H and O–H groups in total. The average Bonchev–Trinajstić information content (AvgIpc) is 1.65. The third kappa shape index (κ3) is 8.15. The molecule has 0 rings (SSSR count). The molecule has 0 aliphatic rings. The number of alkyl halides is 1. The van der Waals surface area contributed by atoms with Gasteiger partial charge in [0.05, 0.1) is 6.42 Å². The van der Waals surface area contributed by atoms with Gasteiger partial charge >= 0.3 is 0 Å². The van der Waals surface area contributed by atoms with Crippen molar-refractivity contribution >= 4 is 11.6 Å². The zero-order valence-electron chi connectivity index (χ0n) is 5.11. The molecular weight excluding hydrogens is 202 g/mol. The Balaban J connectivity index is 0. The molecule has 4 heteroatoms. The van der Waals surface area contributed by atoms with E-state index >= 15 is 0 Å². The van der Waals surface area contributed by atoms with Crippen molar-refractivity contribution in [2.45, 2.75) is 13.3 Å². The van der Waals surface area contributed by atoms with Crippen LogP contribution in [0.25, 0.3) is 0 Å². The summed E-state index contributed by atoms with van der Waals surface area (Å²) in [4.78, 5) is 20.1. The van der Waals surface area contributed by atoms with Crippen molar-refractivity contribution in [3.8, 4) is 0 Å². The van der Waals surface area contributed by atoms with Crippen LogP contribution in [0.5, 0.6) is 0 Å². The number of rotatable bonds is 3. The maximum atomic E-state index is 11.2. The summed E-state index contributed by atoms with van der Waals surface area (Å²) in [6.07, 6.45) is -0.267. The minimum absolute atomic E-state index is 0. The van der Waals surface area contributed by atoms with Crippen molar-refractivity contribution in [2.24, 2.45) is 0 Å². The second-order valence-corrected chi connectivity index (χ2v) is 1.55. The maximum Gasteiger partial charge on any atom is 0.171 e. The zero-order chi connectivity index (χ0) is 6.57. The molecule has 0 aliphatic carbocycles. The van der Waals surface area contributed by atoms with E-state index in [1.54, 1.807) is 0 Å². The van der Waals surface area contributed by atoms with Crippen molar-refractivity contribution in [1.82, 2.24) is 0 Å². The van der Waals surface area contributed by atoms with E-state index in [2.05, 4.69) is 0 Å². The maximum absolute atomic E-state index is 11.2. The standard InChI is InChI=1S/C5H7FO2.Zr/c1-4(7)2-5(8)3-6;/h2-3H2,1H3;. The normalized spacial score (nSPS) is 7.78. The van der Waals surface area contributed by atoms with Gasteiger partial charge in [-0.3, -0.25) is 9.59 Å². The first-order chi connectivity index (χ1) is 3.66. The summed E-state index contributed by atoms with van der Waals surface area (Å²) in [7, 11) is 0. The van der Waals surface area contributed by atoms with Crippen LogP contribution < -0.4 is 0 Å². The molecule has 0 heterocycles. The molecule has 0 aromatic carbocycles. The molecule has 0 amide bonds. The van der Waals surface area contributed by atoms with Crippen molar-refractivity contribution in [3.05, 3.63) is 0 Å². The van der Waals surface area contributed by atoms with E-state index in [0.717, 1.165) is 0 Å². The summed E-state index contributed by atoms with van der Waals surface area (Å²) in [5.74, 6) is -0.926. The van der Waals surface area contributed by atoms with E-state index in [-0.39, 0.29) is 38.4 Å². The number of ketones is 2. The molecule has 0 radical (unpaired) electrons. The minimum Gasteiger partial charge on any atom is -0.300 e. The quantitative estimate of drug-likeness (QED) is 0.634. The summed E-state index contributed by atoms with van der Waals surface area (Å²) in [5, 5.41) is 0. The Bertz CT molecular complexity index is 114. The van der Waals surface area contributed by atoms with Crippen LogP contribution in [0.2, 0.25) is 0 Å². The number of Topliss-reactive ketones (excluding diaryl/α,β-unsaturated/α-hetero) is 2. The van der Waals surface area contributed by atoms with Crippen LogP contribution in [0.1, 0.15) is 13.3 Å². The van der Waals surface area contributed by atoms with E-state index < -0.39 is 12.5 Å². The van der Waals surface area contributed by atoms with E-state index in [0.29, 0.717) is 0 Å². The van der Waals surface area contributed by atoms with Crippen molar-refractivity contribution in [3.63, 3.8) is 0 Å². The number of carbonyl (C=O) groups excluding carboxylic acids is 2. The molecule has 0 aromatic rings. The Labute approximate surface area is 71.9 Å². The fourth-order valence-corrected chi connectivity index (χ4v) is 0.325. The van der Waals surface area contributed by atoms with Gasteiger partial charge in [-0.15, -0.1) is 0 Å². The van der Waals surface area contributed by atoms with Crippen LogP contribution >= 0.6 is 0 Å². The van der Waals surface area contributed by atoms with E-state index in [9.17, 15) is 14.0 Å². The SMILES string of the molecule is CC(=O)CC(=O)CF.[Zr]. The van der Waals surface area contributed by atoms with Gasteiger partial charge in [0.25, 0.3) is 0 Å². The number of halogens is 1. The summed E-state index contributed by atoms with van der Waals surface area (Å²) in [6.45, 7) is 0.229. The fourth-order valence-electron chi connectivity index (χ4n) is 0.325. The van der Waals surface area contributed by atoms with Gasteiger partial charge in [0.2, 0.25) is 0 Å². The Morgan fingerprint density at radius 1 is 1.44 bits per heavy atom. The predicted molar refractivity (Wildman–Crippen MR) is 26.3 cm³/mol. The van der Waals surface area contributed by atoms with Gasteiger partial charge in [-0.05, 0) is 6.92 Å². The molecule has 0 bridgehead atoms. The Morgan fingerprint density at radius 2 is 1.89 bits per heavy atom. The minimum atomic E-state index is -1.03.